The highest BCUT2D eigenvalue weighted by atomic mass is 16.6. The first-order chi connectivity index (χ1) is 15.3. The maximum absolute atomic E-state index is 13.2. The molecular formula is C24H23N3O5. The lowest BCUT2D eigenvalue weighted by Gasteiger charge is -2.14. The van der Waals surface area contributed by atoms with Crippen LogP contribution in [0.5, 0.6) is 5.75 Å². The molecule has 0 aliphatic heterocycles. The number of rotatable bonds is 8. The third kappa shape index (κ3) is 4.92. The first-order valence-corrected chi connectivity index (χ1v) is 9.82. The van der Waals surface area contributed by atoms with E-state index >= 15 is 0 Å². The molecule has 0 fully saturated rings. The fourth-order valence-corrected chi connectivity index (χ4v) is 3.28. The van der Waals surface area contributed by atoms with Gasteiger partial charge in [0.25, 0.3) is 11.6 Å². The van der Waals surface area contributed by atoms with Gasteiger partial charge >= 0.3 is 0 Å². The van der Waals surface area contributed by atoms with E-state index in [2.05, 4.69) is 5.32 Å². The van der Waals surface area contributed by atoms with E-state index in [1.165, 1.54) is 24.3 Å². The van der Waals surface area contributed by atoms with Crippen molar-refractivity contribution in [3.8, 4) is 5.75 Å². The molecule has 0 spiro atoms. The van der Waals surface area contributed by atoms with Crippen molar-refractivity contribution < 1.29 is 19.2 Å². The molecule has 0 heterocycles. The van der Waals surface area contributed by atoms with Gasteiger partial charge in [-0.25, -0.2) is 0 Å². The Morgan fingerprint density at radius 3 is 2.38 bits per heavy atom. The molecule has 0 aromatic heterocycles. The van der Waals surface area contributed by atoms with Crippen molar-refractivity contribution in [1.29, 1.82) is 0 Å². The van der Waals surface area contributed by atoms with Gasteiger partial charge in [0.15, 0.2) is 5.78 Å². The summed E-state index contributed by atoms with van der Waals surface area (Å²) in [6, 6.07) is 18.0. The highest BCUT2D eigenvalue weighted by molar-refractivity contribution is 6.15. The smallest absolute Gasteiger partial charge is 0.293 e. The Balaban J connectivity index is 1.87. The number of methoxy groups -OCH3 is 1. The zero-order valence-corrected chi connectivity index (χ0v) is 18.0. The number of carbonyl (C=O) groups is 2. The number of carbonyl (C=O) groups excluding carboxylic acids is 2. The second-order valence-electron chi connectivity index (χ2n) is 7.26. The van der Waals surface area contributed by atoms with Gasteiger partial charge in [-0.05, 0) is 35.9 Å². The topological polar surface area (TPSA) is 102 Å². The summed E-state index contributed by atoms with van der Waals surface area (Å²) >= 11 is 0. The fraction of sp³-hybridized carbons (Fsp3) is 0.167. The van der Waals surface area contributed by atoms with E-state index < -0.39 is 16.6 Å². The number of nitro groups is 1. The summed E-state index contributed by atoms with van der Waals surface area (Å²) in [5, 5.41) is 14.3. The zero-order chi connectivity index (χ0) is 23.3. The monoisotopic (exact) mass is 433 g/mol. The van der Waals surface area contributed by atoms with Crippen molar-refractivity contribution in [2.75, 3.05) is 26.1 Å². The van der Waals surface area contributed by atoms with E-state index in [9.17, 15) is 19.7 Å². The molecule has 0 saturated carbocycles. The number of ketones is 1. The van der Waals surface area contributed by atoms with Crippen LogP contribution >= 0.6 is 0 Å². The normalized spacial score (nSPS) is 10.3. The van der Waals surface area contributed by atoms with Crippen LogP contribution in [0.3, 0.4) is 0 Å². The van der Waals surface area contributed by atoms with E-state index in [1.807, 2.05) is 18.2 Å². The van der Waals surface area contributed by atoms with Crippen molar-refractivity contribution in [3.05, 3.63) is 99.1 Å². The molecule has 0 atom stereocenters. The molecule has 0 saturated heterocycles. The van der Waals surface area contributed by atoms with Crippen LogP contribution in [0.4, 0.5) is 11.4 Å². The van der Waals surface area contributed by atoms with E-state index in [-0.39, 0.29) is 28.9 Å². The predicted octanol–water partition coefficient (Wildman–Crippen LogP) is 3.83. The lowest BCUT2D eigenvalue weighted by Crippen LogP contribution is -2.25. The molecule has 0 radical (unpaired) electrons. The summed E-state index contributed by atoms with van der Waals surface area (Å²) in [6.07, 6.45) is 0. The molecule has 8 heteroatoms. The Kier molecular flexibility index (Phi) is 6.84. The standard InChI is InChI=1S/C24H23N3O5/c1-26(2)21-12-11-17(14-22(21)27(30)31)23(28)19-9-4-5-10-20(19)24(29)25-15-16-7-6-8-18(13-16)32-3/h4-14H,15H2,1-3H3,(H,25,29). The summed E-state index contributed by atoms with van der Waals surface area (Å²) in [5.41, 5.74) is 1.55. The zero-order valence-electron chi connectivity index (χ0n) is 18.0. The number of hydrogen-bond acceptors (Lipinski definition) is 6. The number of nitro benzene ring substituents is 1. The summed E-state index contributed by atoms with van der Waals surface area (Å²) in [5.74, 6) is -0.211. The van der Waals surface area contributed by atoms with E-state index in [0.29, 0.717) is 11.4 Å². The van der Waals surface area contributed by atoms with Gasteiger partial charge in [0.05, 0.1) is 17.6 Å². The Labute approximate surface area is 185 Å². The maximum Gasteiger partial charge on any atom is 0.293 e. The van der Waals surface area contributed by atoms with Crippen molar-refractivity contribution in [2.24, 2.45) is 0 Å². The summed E-state index contributed by atoms with van der Waals surface area (Å²) < 4.78 is 5.19. The molecule has 0 aliphatic carbocycles. The summed E-state index contributed by atoms with van der Waals surface area (Å²) in [7, 11) is 4.94. The number of benzene rings is 3. The van der Waals surface area contributed by atoms with Gasteiger partial charge in [-0.3, -0.25) is 19.7 Å². The van der Waals surface area contributed by atoms with Crippen LogP contribution in [0.2, 0.25) is 0 Å². The number of nitrogens with one attached hydrogen (secondary N) is 1. The second-order valence-corrected chi connectivity index (χ2v) is 7.26. The molecule has 0 unspecified atom stereocenters. The van der Waals surface area contributed by atoms with Crippen LogP contribution in [0, 0.1) is 10.1 Å². The van der Waals surface area contributed by atoms with Crippen LogP contribution in [0.15, 0.2) is 66.7 Å². The van der Waals surface area contributed by atoms with E-state index in [1.54, 1.807) is 50.4 Å². The molecule has 0 aliphatic rings. The van der Waals surface area contributed by atoms with Crippen LogP contribution in [-0.2, 0) is 6.54 Å². The Hall–Kier alpha value is -4.20. The van der Waals surface area contributed by atoms with Crippen LogP contribution in [-0.4, -0.2) is 37.8 Å². The molecule has 164 valence electrons. The van der Waals surface area contributed by atoms with Crippen molar-refractivity contribution in [2.45, 2.75) is 6.54 Å². The lowest BCUT2D eigenvalue weighted by molar-refractivity contribution is -0.384. The first-order valence-electron chi connectivity index (χ1n) is 9.82. The molecule has 0 bridgehead atoms. The second kappa shape index (κ2) is 9.74. The molecule has 3 rings (SSSR count). The van der Waals surface area contributed by atoms with Gasteiger partial charge in [-0.1, -0.05) is 30.3 Å². The fourth-order valence-electron chi connectivity index (χ4n) is 3.28. The minimum absolute atomic E-state index is 0.135. The van der Waals surface area contributed by atoms with Crippen LogP contribution in [0.1, 0.15) is 31.8 Å². The first kappa shape index (κ1) is 22.5. The van der Waals surface area contributed by atoms with Gasteiger partial charge in [0.2, 0.25) is 0 Å². The van der Waals surface area contributed by atoms with Crippen molar-refractivity contribution >= 4 is 23.1 Å². The highest BCUT2D eigenvalue weighted by Gasteiger charge is 2.22. The predicted molar refractivity (Wildman–Crippen MR) is 121 cm³/mol. The largest absolute Gasteiger partial charge is 0.497 e. The average molecular weight is 433 g/mol. The number of amides is 1. The van der Waals surface area contributed by atoms with E-state index in [4.69, 9.17) is 4.74 Å². The SMILES string of the molecule is COc1cccc(CNC(=O)c2ccccc2C(=O)c2ccc(N(C)C)c([N+](=O)[O-])c2)c1. The molecule has 3 aromatic carbocycles. The summed E-state index contributed by atoms with van der Waals surface area (Å²) in [6.45, 7) is 0.252. The highest BCUT2D eigenvalue weighted by Crippen LogP contribution is 2.29. The maximum atomic E-state index is 13.2. The van der Waals surface area contributed by atoms with Crippen LogP contribution < -0.4 is 15.0 Å². The van der Waals surface area contributed by atoms with Crippen molar-refractivity contribution in [1.82, 2.24) is 5.32 Å². The third-order valence-electron chi connectivity index (χ3n) is 4.92. The van der Waals surface area contributed by atoms with Gasteiger partial charge in [0.1, 0.15) is 11.4 Å². The van der Waals surface area contributed by atoms with Gasteiger partial charge in [-0.15, -0.1) is 0 Å². The van der Waals surface area contributed by atoms with Crippen LogP contribution in [0.25, 0.3) is 0 Å². The molecular weight excluding hydrogens is 410 g/mol. The Bertz CT molecular complexity index is 1170. The number of nitrogens with zero attached hydrogens (tertiary/aromatic N) is 2. The van der Waals surface area contributed by atoms with E-state index in [0.717, 1.165) is 5.56 Å². The molecule has 32 heavy (non-hydrogen) atoms. The average Bonchev–Trinajstić information content (AvgIpc) is 2.81. The van der Waals surface area contributed by atoms with Crippen molar-refractivity contribution in [3.63, 3.8) is 0 Å². The molecule has 1 N–H and O–H groups in total. The van der Waals surface area contributed by atoms with Gasteiger partial charge in [-0.2, -0.15) is 0 Å². The number of hydrogen-bond donors (Lipinski definition) is 1. The number of ether oxygens (including phenoxy) is 1. The van der Waals surface area contributed by atoms with Gasteiger partial charge < -0.3 is 15.0 Å². The molecule has 1 amide bonds. The summed E-state index contributed by atoms with van der Waals surface area (Å²) in [4.78, 5) is 38.5. The number of anilines is 1. The third-order valence-corrected chi connectivity index (χ3v) is 4.92. The minimum atomic E-state index is -0.529. The lowest BCUT2D eigenvalue weighted by atomic mass is 9.97. The Morgan fingerprint density at radius 1 is 1.00 bits per heavy atom. The Morgan fingerprint density at radius 2 is 1.72 bits per heavy atom. The van der Waals surface area contributed by atoms with Gasteiger partial charge in [0, 0.05) is 37.8 Å². The molecule has 3 aromatic rings. The quantitative estimate of drug-likeness (QED) is 0.329. The minimum Gasteiger partial charge on any atom is -0.497 e. The molecule has 8 nitrogen and oxygen atoms in total.